The lowest BCUT2D eigenvalue weighted by molar-refractivity contribution is -0.140. The Balaban J connectivity index is 2.88. The van der Waals surface area contributed by atoms with Gasteiger partial charge in [0.2, 0.25) is 0 Å². The van der Waals surface area contributed by atoms with Crippen molar-refractivity contribution in [3.63, 3.8) is 0 Å². The summed E-state index contributed by atoms with van der Waals surface area (Å²) in [5, 5.41) is 9.31. The number of carboxylic acid groups (broad SMARTS) is 1. The molecule has 0 bridgehead atoms. The molecule has 0 spiro atoms. The van der Waals surface area contributed by atoms with Crippen LogP contribution in [0.4, 0.5) is 0 Å². The Morgan fingerprint density at radius 1 is 1.26 bits per heavy atom. The van der Waals surface area contributed by atoms with Crippen molar-refractivity contribution >= 4 is 5.97 Å². The highest BCUT2D eigenvalue weighted by Crippen LogP contribution is 2.39. The van der Waals surface area contributed by atoms with E-state index >= 15 is 0 Å². The Hall–Kier alpha value is -0.570. The molecule has 0 aromatic carbocycles. The molecule has 0 saturated heterocycles. The molecule has 1 saturated carbocycles. The van der Waals surface area contributed by atoms with Crippen LogP contribution in [0.3, 0.4) is 0 Å². The van der Waals surface area contributed by atoms with Gasteiger partial charge < -0.3 is 5.11 Å². The summed E-state index contributed by atoms with van der Waals surface area (Å²) in [5.41, 5.74) is -0.0982. The first-order valence-corrected chi connectivity index (χ1v) is 7.92. The monoisotopic (exact) mass is 269 g/mol. The average Bonchev–Trinajstić information content (AvgIpc) is 2.53. The minimum atomic E-state index is -0.644. The summed E-state index contributed by atoms with van der Waals surface area (Å²) in [6.45, 7) is 10.8. The molecule has 2 unspecified atom stereocenters. The van der Waals surface area contributed by atoms with Crippen molar-refractivity contribution in [1.29, 1.82) is 0 Å². The van der Waals surface area contributed by atoms with Gasteiger partial charge in [0.15, 0.2) is 0 Å². The SMILES string of the molecule is CCN(CC)C1(CC(=O)O)CCCC(C(C)C)CC1. The van der Waals surface area contributed by atoms with Crippen LogP contribution in [-0.2, 0) is 4.79 Å². The number of carbonyl (C=O) groups is 1. The Kier molecular flexibility index (Phi) is 6.31. The fourth-order valence-electron chi connectivity index (χ4n) is 3.86. The van der Waals surface area contributed by atoms with E-state index in [-0.39, 0.29) is 5.54 Å². The zero-order valence-electron chi connectivity index (χ0n) is 13.1. The average molecular weight is 269 g/mol. The van der Waals surface area contributed by atoms with Crippen LogP contribution in [0.15, 0.2) is 0 Å². The van der Waals surface area contributed by atoms with Gasteiger partial charge in [0.25, 0.3) is 0 Å². The van der Waals surface area contributed by atoms with Crippen LogP contribution in [0, 0.1) is 11.8 Å². The van der Waals surface area contributed by atoms with E-state index in [4.69, 9.17) is 0 Å². The Labute approximate surface area is 118 Å². The standard InChI is InChI=1S/C16H31NO2/c1-5-17(6-2)16(12-15(18)19)10-7-8-14(9-11-16)13(3)4/h13-14H,5-12H2,1-4H3,(H,18,19). The highest BCUT2D eigenvalue weighted by atomic mass is 16.4. The molecule has 1 aliphatic rings. The molecule has 0 heterocycles. The van der Waals surface area contributed by atoms with Crippen LogP contribution in [0.2, 0.25) is 0 Å². The van der Waals surface area contributed by atoms with Crippen molar-refractivity contribution < 1.29 is 9.90 Å². The second kappa shape index (κ2) is 7.28. The van der Waals surface area contributed by atoms with Crippen molar-refractivity contribution in [2.24, 2.45) is 11.8 Å². The van der Waals surface area contributed by atoms with E-state index in [2.05, 4.69) is 32.6 Å². The molecular weight excluding hydrogens is 238 g/mol. The Morgan fingerprint density at radius 2 is 1.89 bits per heavy atom. The molecule has 1 rings (SSSR count). The molecule has 0 amide bonds. The van der Waals surface area contributed by atoms with E-state index in [1.54, 1.807) is 0 Å². The summed E-state index contributed by atoms with van der Waals surface area (Å²) in [4.78, 5) is 13.7. The zero-order chi connectivity index (χ0) is 14.5. The summed E-state index contributed by atoms with van der Waals surface area (Å²) in [6.07, 6.45) is 6.02. The van der Waals surface area contributed by atoms with E-state index in [0.717, 1.165) is 37.8 Å². The zero-order valence-corrected chi connectivity index (χ0v) is 13.1. The largest absolute Gasteiger partial charge is 0.481 e. The lowest BCUT2D eigenvalue weighted by Gasteiger charge is -2.42. The van der Waals surface area contributed by atoms with Gasteiger partial charge in [0, 0.05) is 5.54 Å². The molecule has 3 nitrogen and oxygen atoms in total. The van der Waals surface area contributed by atoms with E-state index < -0.39 is 5.97 Å². The highest BCUT2D eigenvalue weighted by molar-refractivity contribution is 5.68. The maximum atomic E-state index is 11.3. The van der Waals surface area contributed by atoms with Gasteiger partial charge >= 0.3 is 5.97 Å². The van der Waals surface area contributed by atoms with Gasteiger partial charge in [-0.15, -0.1) is 0 Å². The summed E-state index contributed by atoms with van der Waals surface area (Å²) >= 11 is 0. The Bertz CT molecular complexity index is 286. The molecule has 1 N–H and O–H groups in total. The number of hydrogen-bond donors (Lipinski definition) is 1. The second-order valence-electron chi connectivity index (χ2n) is 6.40. The van der Waals surface area contributed by atoms with E-state index in [9.17, 15) is 9.90 Å². The van der Waals surface area contributed by atoms with E-state index in [0.29, 0.717) is 6.42 Å². The third-order valence-corrected chi connectivity index (χ3v) is 5.05. The number of nitrogens with zero attached hydrogens (tertiary/aromatic N) is 1. The third kappa shape index (κ3) is 4.20. The smallest absolute Gasteiger partial charge is 0.305 e. The first kappa shape index (κ1) is 16.5. The van der Waals surface area contributed by atoms with Crippen molar-refractivity contribution in [3.8, 4) is 0 Å². The normalized spacial score (nSPS) is 28.6. The number of hydrogen-bond acceptors (Lipinski definition) is 2. The molecular formula is C16H31NO2. The van der Waals surface area contributed by atoms with Gasteiger partial charge in [-0.1, -0.05) is 40.5 Å². The lowest BCUT2D eigenvalue weighted by Crippen LogP contribution is -2.49. The van der Waals surface area contributed by atoms with Gasteiger partial charge in [-0.05, 0) is 44.2 Å². The lowest BCUT2D eigenvalue weighted by atomic mass is 9.83. The predicted octanol–water partition coefficient (Wildman–Crippen LogP) is 3.78. The fraction of sp³-hybridized carbons (Fsp3) is 0.938. The predicted molar refractivity (Wildman–Crippen MR) is 79.3 cm³/mol. The summed E-state index contributed by atoms with van der Waals surface area (Å²) in [6, 6.07) is 0. The van der Waals surface area contributed by atoms with Crippen LogP contribution < -0.4 is 0 Å². The quantitative estimate of drug-likeness (QED) is 0.746. The molecule has 0 radical (unpaired) electrons. The fourth-order valence-corrected chi connectivity index (χ4v) is 3.86. The van der Waals surface area contributed by atoms with Gasteiger partial charge in [0.05, 0.1) is 6.42 Å². The maximum absolute atomic E-state index is 11.3. The number of rotatable bonds is 6. The number of aliphatic carboxylic acids is 1. The minimum absolute atomic E-state index is 0.0982. The minimum Gasteiger partial charge on any atom is -0.481 e. The maximum Gasteiger partial charge on any atom is 0.305 e. The van der Waals surface area contributed by atoms with Crippen LogP contribution in [0.1, 0.15) is 66.2 Å². The van der Waals surface area contributed by atoms with Crippen LogP contribution in [0.25, 0.3) is 0 Å². The molecule has 1 fully saturated rings. The van der Waals surface area contributed by atoms with Crippen molar-refractivity contribution in [1.82, 2.24) is 4.90 Å². The van der Waals surface area contributed by atoms with Crippen LogP contribution >= 0.6 is 0 Å². The number of carboxylic acids is 1. The molecule has 0 aromatic rings. The molecule has 1 aliphatic carbocycles. The molecule has 0 aromatic heterocycles. The topological polar surface area (TPSA) is 40.5 Å². The van der Waals surface area contributed by atoms with Gasteiger partial charge in [-0.3, -0.25) is 9.69 Å². The second-order valence-corrected chi connectivity index (χ2v) is 6.40. The van der Waals surface area contributed by atoms with Gasteiger partial charge in [0.1, 0.15) is 0 Å². The summed E-state index contributed by atoms with van der Waals surface area (Å²) in [5.74, 6) is 0.846. The van der Waals surface area contributed by atoms with Gasteiger partial charge in [-0.2, -0.15) is 0 Å². The van der Waals surface area contributed by atoms with Crippen molar-refractivity contribution in [3.05, 3.63) is 0 Å². The Morgan fingerprint density at radius 3 is 2.37 bits per heavy atom. The van der Waals surface area contributed by atoms with Gasteiger partial charge in [-0.25, -0.2) is 0 Å². The summed E-state index contributed by atoms with van der Waals surface area (Å²) < 4.78 is 0. The van der Waals surface area contributed by atoms with Crippen molar-refractivity contribution in [2.45, 2.75) is 71.8 Å². The van der Waals surface area contributed by atoms with Crippen LogP contribution in [-0.4, -0.2) is 34.6 Å². The third-order valence-electron chi connectivity index (χ3n) is 5.05. The first-order valence-electron chi connectivity index (χ1n) is 7.92. The van der Waals surface area contributed by atoms with E-state index in [1.807, 2.05) is 0 Å². The summed E-state index contributed by atoms with van der Waals surface area (Å²) in [7, 11) is 0. The van der Waals surface area contributed by atoms with E-state index in [1.165, 1.54) is 19.3 Å². The molecule has 2 atom stereocenters. The first-order chi connectivity index (χ1) is 8.95. The highest BCUT2D eigenvalue weighted by Gasteiger charge is 2.39. The molecule has 3 heteroatoms. The molecule has 19 heavy (non-hydrogen) atoms. The molecule has 112 valence electrons. The van der Waals surface area contributed by atoms with Crippen LogP contribution in [0.5, 0.6) is 0 Å². The van der Waals surface area contributed by atoms with Crippen molar-refractivity contribution in [2.75, 3.05) is 13.1 Å². The molecule has 0 aliphatic heterocycles.